The van der Waals surface area contributed by atoms with Gasteiger partial charge in [0.1, 0.15) is 11.4 Å². The molecule has 0 spiro atoms. The maximum Gasteiger partial charge on any atom is 0.295 e. The number of rotatable bonds is 8. The maximum atomic E-state index is 12.6. The molecule has 1 heterocycles. The number of nitrogens with one attached hydrogen (secondary N) is 1. The Balaban J connectivity index is 1.77. The third-order valence-corrected chi connectivity index (χ3v) is 6.35. The summed E-state index contributed by atoms with van der Waals surface area (Å²) >= 11 is 0. The van der Waals surface area contributed by atoms with E-state index in [9.17, 15) is 18.5 Å². The number of hydrazone groups is 1. The second-order valence-corrected chi connectivity index (χ2v) is 8.36. The topological polar surface area (TPSA) is 114 Å². The molecule has 1 N–H and O–H groups in total. The van der Waals surface area contributed by atoms with Crippen LogP contribution in [0.4, 0.5) is 11.4 Å². The van der Waals surface area contributed by atoms with Crippen molar-refractivity contribution in [2.45, 2.75) is 24.7 Å². The fourth-order valence-corrected chi connectivity index (χ4v) is 4.53. The number of hydrogen-bond donors (Lipinski definition) is 1. The fourth-order valence-electron chi connectivity index (χ4n) is 2.99. The molecule has 3 rings (SSSR count). The van der Waals surface area contributed by atoms with Crippen LogP contribution in [0.15, 0.2) is 52.5 Å². The first kappa shape index (κ1) is 20.7. The molecule has 0 bridgehead atoms. The number of anilines is 1. The van der Waals surface area contributed by atoms with Gasteiger partial charge in [0.15, 0.2) is 0 Å². The van der Waals surface area contributed by atoms with E-state index in [-0.39, 0.29) is 16.3 Å². The van der Waals surface area contributed by atoms with Gasteiger partial charge < -0.3 is 4.74 Å². The second-order valence-electron chi connectivity index (χ2n) is 6.42. The number of hydrogen-bond acceptors (Lipinski definition) is 7. The van der Waals surface area contributed by atoms with Crippen molar-refractivity contribution in [1.82, 2.24) is 4.31 Å². The molecule has 1 saturated heterocycles. The first-order chi connectivity index (χ1) is 13.9. The summed E-state index contributed by atoms with van der Waals surface area (Å²) in [6.45, 7) is 3.33. The van der Waals surface area contributed by atoms with Crippen LogP contribution in [-0.4, -0.2) is 43.6 Å². The van der Waals surface area contributed by atoms with Gasteiger partial charge in [-0.2, -0.15) is 9.41 Å². The maximum absolute atomic E-state index is 12.6. The van der Waals surface area contributed by atoms with Crippen LogP contribution < -0.4 is 10.2 Å². The first-order valence-corrected chi connectivity index (χ1v) is 10.7. The van der Waals surface area contributed by atoms with E-state index in [2.05, 4.69) is 10.5 Å². The molecule has 0 unspecified atom stereocenters. The molecule has 1 aliphatic heterocycles. The van der Waals surface area contributed by atoms with Gasteiger partial charge in [-0.3, -0.25) is 15.5 Å². The summed E-state index contributed by atoms with van der Waals surface area (Å²) in [6, 6.07) is 11.0. The molecule has 0 amide bonds. The van der Waals surface area contributed by atoms with Crippen LogP contribution in [-0.2, 0) is 10.0 Å². The third kappa shape index (κ3) is 4.90. The number of benzene rings is 2. The normalized spacial score (nSPS) is 14.9. The van der Waals surface area contributed by atoms with Crippen LogP contribution in [0.5, 0.6) is 5.75 Å². The molecular formula is C19H22N4O5S. The van der Waals surface area contributed by atoms with E-state index in [0.29, 0.717) is 19.7 Å². The van der Waals surface area contributed by atoms with Crippen LogP contribution in [0, 0.1) is 10.1 Å². The predicted molar refractivity (Wildman–Crippen MR) is 110 cm³/mol. The summed E-state index contributed by atoms with van der Waals surface area (Å²) in [4.78, 5) is 10.7. The minimum atomic E-state index is -3.73. The first-order valence-electron chi connectivity index (χ1n) is 9.22. The van der Waals surface area contributed by atoms with Crippen molar-refractivity contribution in [3.63, 3.8) is 0 Å². The molecule has 1 aliphatic rings. The molecule has 0 aliphatic carbocycles. The van der Waals surface area contributed by atoms with Gasteiger partial charge >= 0.3 is 0 Å². The molecule has 0 aromatic heterocycles. The second kappa shape index (κ2) is 9.01. The van der Waals surface area contributed by atoms with Gasteiger partial charge in [-0.25, -0.2) is 8.42 Å². The van der Waals surface area contributed by atoms with Gasteiger partial charge in [0.05, 0.1) is 22.6 Å². The lowest BCUT2D eigenvalue weighted by atomic mass is 10.2. The molecule has 0 saturated carbocycles. The standard InChI is InChI=1S/C19H22N4O5S/c1-2-28-16-7-5-15(6-8-16)14-20-21-18-10-9-17(13-19(18)23(24)25)29(26,27)22-11-3-4-12-22/h5-10,13-14,21H,2-4,11-12H2,1H3/b20-14+. The molecule has 2 aromatic rings. The highest BCUT2D eigenvalue weighted by Crippen LogP contribution is 2.30. The Labute approximate surface area is 169 Å². The highest BCUT2D eigenvalue weighted by Gasteiger charge is 2.29. The molecule has 1 fully saturated rings. The molecule has 10 heteroatoms. The average molecular weight is 418 g/mol. The van der Waals surface area contributed by atoms with Crippen molar-refractivity contribution in [3.8, 4) is 5.75 Å². The molecule has 0 atom stereocenters. The summed E-state index contributed by atoms with van der Waals surface area (Å²) in [5.41, 5.74) is 3.15. The molecule has 9 nitrogen and oxygen atoms in total. The Morgan fingerprint density at radius 3 is 2.52 bits per heavy atom. The minimum absolute atomic E-state index is 0.0906. The number of nitro groups is 1. The van der Waals surface area contributed by atoms with Crippen LogP contribution in [0.1, 0.15) is 25.3 Å². The number of nitrogens with zero attached hydrogens (tertiary/aromatic N) is 3. The quantitative estimate of drug-likeness (QED) is 0.400. The van der Waals surface area contributed by atoms with E-state index in [1.807, 2.05) is 6.92 Å². The summed E-state index contributed by atoms with van der Waals surface area (Å²) < 4.78 is 32.0. The highest BCUT2D eigenvalue weighted by molar-refractivity contribution is 7.89. The molecule has 0 radical (unpaired) electrons. The summed E-state index contributed by atoms with van der Waals surface area (Å²) in [6.07, 6.45) is 3.09. The van der Waals surface area contributed by atoms with E-state index < -0.39 is 14.9 Å². The lowest BCUT2D eigenvalue weighted by Gasteiger charge is -2.15. The van der Waals surface area contributed by atoms with Crippen LogP contribution in [0.3, 0.4) is 0 Å². The lowest BCUT2D eigenvalue weighted by Crippen LogP contribution is -2.27. The third-order valence-electron chi connectivity index (χ3n) is 4.46. The summed E-state index contributed by atoms with van der Waals surface area (Å²) in [5, 5.41) is 15.5. The smallest absolute Gasteiger partial charge is 0.295 e. The van der Waals surface area contributed by atoms with Crippen LogP contribution >= 0.6 is 0 Å². The SMILES string of the molecule is CCOc1ccc(/C=N/Nc2ccc(S(=O)(=O)N3CCCC3)cc2[N+](=O)[O-])cc1. The van der Waals surface area contributed by atoms with Gasteiger partial charge in [0, 0.05) is 19.2 Å². The van der Waals surface area contributed by atoms with E-state index in [4.69, 9.17) is 4.74 Å². The summed E-state index contributed by atoms with van der Waals surface area (Å²) in [7, 11) is -3.73. The van der Waals surface area contributed by atoms with E-state index in [1.54, 1.807) is 24.3 Å². The number of ether oxygens (including phenoxy) is 1. The zero-order valence-electron chi connectivity index (χ0n) is 15.9. The molecule has 154 valence electrons. The van der Waals surface area contributed by atoms with Crippen molar-refractivity contribution in [2.24, 2.45) is 5.10 Å². The number of sulfonamides is 1. The van der Waals surface area contributed by atoms with Gasteiger partial charge in [-0.15, -0.1) is 0 Å². The Hall–Kier alpha value is -2.98. The van der Waals surface area contributed by atoms with Crippen molar-refractivity contribution in [3.05, 3.63) is 58.1 Å². The zero-order chi connectivity index (χ0) is 20.9. The van der Waals surface area contributed by atoms with Crippen molar-refractivity contribution < 1.29 is 18.1 Å². The van der Waals surface area contributed by atoms with Gasteiger partial charge in [0.25, 0.3) is 5.69 Å². The van der Waals surface area contributed by atoms with Crippen molar-refractivity contribution in [1.29, 1.82) is 0 Å². The number of nitro benzene ring substituents is 1. The highest BCUT2D eigenvalue weighted by atomic mass is 32.2. The monoisotopic (exact) mass is 418 g/mol. The minimum Gasteiger partial charge on any atom is -0.494 e. The van der Waals surface area contributed by atoms with Gasteiger partial charge in [0.2, 0.25) is 10.0 Å². The molecule has 29 heavy (non-hydrogen) atoms. The Kier molecular flexibility index (Phi) is 6.45. The fraction of sp³-hybridized carbons (Fsp3) is 0.316. The van der Waals surface area contributed by atoms with Crippen molar-refractivity contribution in [2.75, 3.05) is 25.1 Å². The van der Waals surface area contributed by atoms with E-state index >= 15 is 0 Å². The van der Waals surface area contributed by atoms with Crippen molar-refractivity contribution >= 4 is 27.6 Å². The average Bonchev–Trinajstić information content (AvgIpc) is 3.25. The Bertz CT molecular complexity index is 1000. The van der Waals surface area contributed by atoms with E-state index in [0.717, 1.165) is 30.2 Å². The Morgan fingerprint density at radius 2 is 1.90 bits per heavy atom. The van der Waals surface area contributed by atoms with Crippen LogP contribution in [0.2, 0.25) is 0 Å². The van der Waals surface area contributed by atoms with Gasteiger partial charge in [-0.05, 0) is 61.7 Å². The molecule has 2 aromatic carbocycles. The molecular weight excluding hydrogens is 396 g/mol. The zero-order valence-corrected chi connectivity index (χ0v) is 16.8. The predicted octanol–water partition coefficient (Wildman–Crippen LogP) is 3.22. The lowest BCUT2D eigenvalue weighted by molar-refractivity contribution is -0.384. The largest absolute Gasteiger partial charge is 0.494 e. The van der Waals surface area contributed by atoms with Crippen LogP contribution in [0.25, 0.3) is 0 Å². The Morgan fingerprint density at radius 1 is 1.21 bits per heavy atom. The van der Waals surface area contributed by atoms with E-state index in [1.165, 1.54) is 22.7 Å². The summed E-state index contributed by atoms with van der Waals surface area (Å²) in [5.74, 6) is 0.739. The van der Waals surface area contributed by atoms with Gasteiger partial charge in [-0.1, -0.05) is 0 Å².